The highest BCUT2D eigenvalue weighted by molar-refractivity contribution is 7.09. The molecule has 1 aromatic heterocycles. The molecule has 1 aromatic rings. The number of hydrogen-bond acceptors (Lipinski definition) is 5. The van der Waals surface area contributed by atoms with E-state index in [1.165, 1.54) is 11.3 Å². The van der Waals surface area contributed by atoms with Crippen molar-refractivity contribution in [2.75, 3.05) is 19.8 Å². The van der Waals surface area contributed by atoms with E-state index in [9.17, 15) is 4.79 Å². The first-order valence-electron chi connectivity index (χ1n) is 4.78. The van der Waals surface area contributed by atoms with Gasteiger partial charge in [-0.05, 0) is 6.92 Å². The van der Waals surface area contributed by atoms with Crippen molar-refractivity contribution in [3.63, 3.8) is 0 Å². The largest absolute Gasteiger partial charge is 0.380 e. The third-order valence-electron chi connectivity index (χ3n) is 1.70. The van der Waals surface area contributed by atoms with Gasteiger partial charge >= 0.3 is 0 Å². The Morgan fingerprint density at radius 3 is 3.13 bits per heavy atom. The van der Waals surface area contributed by atoms with Crippen LogP contribution >= 0.6 is 11.3 Å². The van der Waals surface area contributed by atoms with Crippen molar-refractivity contribution in [1.29, 1.82) is 0 Å². The monoisotopic (exact) mass is 229 g/mol. The normalized spacial score (nSPS) is 10.3. The van der Waals surface area contributed by atoms with Crippen LogP contribution in [0, 0.1) is 0 Å². The van der Waals surface area contributed by atoms with E-state index in [1.807, 2.05) is 6.92 Å². The summed E-state index contributed by atoms with van der Waals surface area (Å²) in [6, 6.07) is 0. The predicted molar refractivity (Wildman–Crippen MR) is 58.8 cm³/mol. The van der Waals surface area contributed by atoms with Gasteiger partial charge in [0.1, 0.15) is 10.7 Å². The Morgan fingerprint density at radius 1 is 1.73 bits per heavy atom. The van der Waals surface area contributed by atoms with Crippen LogP contribution in [0.3, 0.4) is 0 Å². The number of nitrogens with zero attached hydrogens (tertiary/aromatic N) is 1. The van der Waals surface area contributed by atoms with Gasteiger partial charge in [-0.3, -0.25) is 4.79 Å². The van der Waals surface area contributed by atoms with Crippen LogP contribution in [0.25, 0.3) is 0 Å². The van der Waals surface area contributed by atoms with Gasteiger partial charge < -0.3 is 15.8 Å². The number of aromatic nitrogens is 1. The highest BCUT2D eigenvalue weighted by Crippen LogP contribution is 2.08. The maximum Gasteiger partial charge on any atom is 0.270 e. The summed E-state index contributed by atoms with van der Waals surface area (Å²) in [4.78, 5) is 15.5. The van der Waals surface area contributed by atoms with Gasteiger partial charge in [-0.1, -0.05) is 0 Å². The summed E-state index contributed by atoms with van der Waals surface area (Å²) in [7, 11) is 0. The minimum atomic E-state index is -0.175. The van der Waals surface area contributed by atoms with Crippen molar-refractivity contribution in [2.24, 2.45) is 5.73 Å². The molecule has 0 aliphatic heterocycles. The Balaban J connectivity index is 2.33. The fourth-order valence-electron chi connectivity index (χ4n) is 0.981. The molecule has 84 valence electrons. The Bertz CT molecular complexity index is 314. The number of carbonyl (C=O) groups excluding carboxylic acids is 1. The van der Waals surface area contributed by atoms with Crippen LogP contribution in [0.1, 0.15) is 22.4 Å². The molecule has 0 radical (unpaired) electrons. The lowest BCUT2D eigenvalue weighted by Crippen LogP contribution is -2.27. The summed E-state index contributed by atoms with van der Waals surface area (Å²) in [6.07, 6.45) is 0. The summed E-state index contributed by atoms with van der Waals surface area (Å²) in [5, 5.41) is 5.19. The quantitative estimate of drug-likeness (QED) is 0.691. The molecule has 1 rings (SSSR count). The zero-order valence-corrected chi connectivity index (χ0v) is 9.47. The lowest BCUT2D eigenvalue weighted by atomic mass is 10.4. The molecule has 0 spiro atoms. The average molecular weight is 229 g/mol. The van der Waals surface area contributed by atoms with Crippen LogP contribution in [0.4, 0.5) is 0 Å². The molecule has 0 fully saturated rings. The van der Waals surface area contributed by atoms with E-state index in [-0.39, 0.29) is 5.91 Å². The molecule has 1 amide bonds. The van der Waals surface area contributed by atoms with Gasteiger partial charge in [0.05, 0.1) is 6.61 Å². The molecule has 0 bridgehead atoms. The number of nitrogens with one attached hydrogen (secondary N) is 1. The minimum Gasteiger partial charge on any atom is -0.380 e. The number of carbonyl (C=O) groups is 1. The van der Waals surface area contributed by atoms with Crippen LogP contribution in [-0.4, -0.2) is 30.6 Å². The summed E-state index contributed by atoms with van der Waals surface area (Å²) in [5.41, 5.74) is 5.83. The van der Waals surface area contributed by atoms with Gasteiger partial charge in [0.25, 0.3) is 5.91 Å². The minimum absolute atomic E-state index is 0.175. The molecule has 0 unspecified atom stereocenters. The first kappa shape index (κ1) is 12.1. The maximum atomic E-state index is 11.5. The third kappa shape index (κ3) is 3.94. The van der Waals surface area contributed by atoms with Gasteiger partial charge in [0, 0.05) is 25.1 Å². The van der Waals surface area contributed by atoms with Crippen molar-refractivity contribution in [3.05, 3.63) is 16.1 Å². The van der Waals surface area contributed by atoms with Crippen molar-refractivity contribution in [1.82, 2.24) is 10.3 Å². The molecular weight excluding hydrogens is 214 g/mol. The van der Waals surface area contributed by atoms with E-state index in [2.05, 4.69) is 10.3 Å². The second kappa shape index (κ2) is 6.49. The van der Waals surface area contributed by atoms with Crippen molar-refractivity contribution in [3.8, 4) is 0 Å². The van der Waals surface area contributed by atoms with Gasteiger partial charge in [0.15, 0.2) is 0 Å². The number of thiazole rings is 1. The topological polar surface area (TPSA) is 77.2 Å². The second-order valence-corrected chi connectivity index (χ2v) is 3.73. The third-order valence-corrected chi connectivity index (χ3v) is 2.57. The number of ether oxygens (including phenoxy) is 1. The van der Waals surface area contributed by atoms with Crippen LogP contribution < -0.4 is 11.1 Å². The van der Waals surface area contributed by atoms with Crippen molar-refractivity contribution in [2.45, 2.75) is 13.5 Å². The van der Waals surface area contributed by atoms with E-state index in [0.717, 1.165) is 5.01 Å². The lowest BCUT2D eigenvalue weighted by molar-refractivity contribution is 0.0918. The van der Waals surface area contributed by atoms with Crippen molar-refractivity contribution < 1.29 is 9.53 Å². The molecule has 0 saturated heterocycles. The van der Waals surface area contributed by atoms with E-state index in [0.29, 0.717) is 32.0 Å². The van der Waals surface area contributed by atoms with E-state index >= 15 is 0 Å². The molecule has 0 aromatic carbocycles. The van der Waals surface area contributed by atoms with Crippen LogP contribution in [0.2, 0.25) is 0 Å². The Morgan fingerprint density at radius 2 is 2.53 bits per heavy atom. The highest BCUT2D eigenvalue weighted by atomic mass is 32.1. The van der Waals surface area contributed by atoms with E-state index < -0.39 is 0 Å². The number of hydrogen-bond donors (Lipinski definition) is 2. The number of amides is 1. The van der Waals surface area contributed by atoms with Gasteiger partial charge in [-0.2, -0.15) is 0 Å². The first-order valence-corrected chi connectivity index (χ1v) is 5.66. The summed E-state index contributed by atoms with van der Waals surface area (Å²) in [6.45, 7) is 3.97. The predicted octanol–water partition coefficient (Wildman–Crippen LogP) is 0.368. The molecule has 3 N–H and O–H groups in total. The molecule has 0 aliphatic carbocycles. The fraction of sp³-hybridized carbons (Fsp3) is 0.556. The summed E-state index contributed by atoms with van der Waals surface area (Å²) < 4.78 is 5.09. The first-order chi connectivity index (χ1) is 7.27. The molecule has 0 saturated carbocycles. The van der Waals surface area contributed by atoms with Crippen LogP contribution in [0.15, 0.2) is 5.38 Å². The van der Waals surface area contributed by atoms with Gasteiger partial charge in [0.2, 0.25) is 0 Å². The van der Waals surface area contributed by atoms with E-state index in [1.54, 1.807) is 5.38 Å². The van der Waals surface area contributed by atoms with E-state index in [4.69, 9.17) is 10.5 Å². The summed E-state index contributed by atoms with van der Waals surface area (Å²) >= 11 is 1.39. The maximum absolute atomic E-state index is 11.5. The summed E-state index contributed by atoms with van der Waals surface area (Å²) in [5.74, 6) is -0.175. The molecule has 6 heteroatoms. The lowest BCUT2D eigenvalue weighted by Gasteiger charge is -2.02. The van der Waals surface area contributed by atoms with Gasteiger partial charge in [-0.15, -0.1) is 11.3 Å². The van der Waals surface area contributed by atoms with Gasteiger partial charge in [-0.25, -0.2) is 4.98 Å². The van der Waals surface area contributed by atoms with Crippen LogP contribution in [-0.2, 0) is 11.3 Å². The zero-order chi connectivity index (χ0) is 11.1. The Hall–Kier alpha value is -0.980. The molecule has 5 nitrogen and oxygen atoms in total. The number of rotatable bonds is 6. The average Bonchev–Trinajstić information content (AvgIpc) is 2.72. The zero-order valence-electron chi connectivity index (χ0n) is 8.66. The Labute approximate surface area is 92.6 Å². The Kier molecular flexibility index (Phi) is 5.23. The molecular formula is C9H15N3O2S. The molecule has 0 atom stereocenters. The fourth-order valence-corrected chi connectivity index (χ4v) is 1.64. The molecule has 0 aliphatic rings. The standard InChI is InChI=1S/C9H15N3O2S/c1-2-14-4-3-11-9(13)7-6-15-8(5-10)12-7/h6H,2-5,10H2,1H3,(H,11,13). The second-order valence-electron chi connectivity index (χ2n) is 2.78. The van der Waals surface area contributed by atoms with Crippen LogP contribution in [0.5, 0.6) is 0 Å². The molecule has 15 heavy (non-hydrogen) atoms. The number of nitrogens with two attached hydrogens (primary N) is 1. The smallest absolute Gasteiger partial charge is 0.270 e. The van der Waals surface area contributed by atoms with Crippen molar-refractivity contribution >= 4 is 17.2 Å². The molecule has 1 heterocycles. The highest BCUT2D eigenvalue weighted by Gasteiger charge is 2.08. The SMILES string of the molecule is CCOCCNC(=O)c1csc(CN)n1.